The zero-order valence-electron chi connectivity index (χ0n) is 19.2. The second-order valence-corrected chi connectivity index (χ2v) is 8.23. The van der Waals surface area contributed by atoms with E-state index in [0.29, 0.717) is 6.54 Å². The third kappa shape index (κ3) is 5.40. The quantitative estimate of drug-likeness (QED) is 0.521. The second kappa shape index (κ2) is 10.8. The molecule has 3 rings (SSSR count). The number of nitrogens with zero attached hydrogens (tertiary/aromatic N) is 2. The molecule has 0 aliphatic heterocycles. The van der Waals surface area contributed by atoms with E-state index in [4.69, 9.17) is 10.5 Å². The van der Waals surface area contributed by atoms with E-state index in [9.17, 15) is 14.4 Å². The van der Waals surface area contributed by atoms with Crippen LogP contribution >= 0.6 is 0 Å². The van der Waals surface area contributed by atoms with Gasteiger partial charge in [-0.05, 0) is 17.0 Å². The lowest BCUT2D eigenvalue weighted by molar-refractivity contribution is -0.119. The van der Waals surface area contributed by atoms with Crippen molar-refractivity contribution in [3.8, 4) is 0 Å². The minimum absolute atomic E-state index is 0.0400. The standard InChI is InChI=1S/C25H30N4O4/c1-17(2)16-29-22(26)21(23(30)27-25(29)32)28(14-15-33-3)24(31)20(18-10-6-4-7-11-18)19-12-8-5-9-13-19/h4-13,17,20H,14-16,26H2,1-3H3,(H,27,30,32). The Hall–Kier alpha value is -3.65. The van der Waals surface area contributed by atoms with Gasteiger partial charge in [-0.15, -0.1) is 0 Å². The number of carbonyl (C=O) groups is 1. The highest BCUT2D eigenvalue weighted by Gasteiger charge is 2.31. The van der Waals surface area contributed by atoms with Crippen LogP contribution < -0.4 is 21.9 Å². The van der Waals surface area contributed by atoms with Crippen LogP contribution in [-0.2, 0) is 16.1 Å². The average Bonchev–Trinajstić information content (AvgIpc) is 2.80. The van der Waals surface area contributed by atoms with Crippen molar-refractivity contribution in [1.82, 2.24) is 9.55 Å². The maximum atomic E-state index is 14.0. The molecule has 0 aliphatic carbocycles. The molecule has 8 nitrogen and oxygen atoms in total. The minimum Gasteiger partial charge on any atom is -0.383 e. The molecule has 33 heavy (non-hydrogen) atoms. The van der Waals surface area contributed by atoms with Crippen molar-refractivity contribution in [2.24, 2.45) is 5.92 Å². The summed E-state index contributed by atoms with van der Waals surface area (Å²) >= 11 is 0. The van der Waals surface area contributed by atoms with E-state index in [0.717, 1.165) is 11.1 Å². The van der Waals surface area contributed by atoms with Crippen LogP contribution in [0, 0.1) is 5.92 Å². The van der Waals surface area contributed by atoms with Gasteiger partial charge >= 0.3 is 5.69 Å². The van der Waals surface area contributed by atoms with Gasteiger partial charge in [0.15, 0.2) is 5.69 Å². The Morgan fingerprint density at radius 2 is 1.58 bits per heavy atom. The molecule has 1 aromatic heterocycles. The van der Waals surface area contributed by atoms with Crippen LogP contribution in [0.25, 0.3) is 0 Å². The number of methoxy groups -OCH3 is 1. The van der Waals surface area contributed by atoms with Crippen LogP contribution in [-0.4, -0.2) is 35.7 Å². The number of benzene rings is 2. The predicted octanol–water partition coefficient (Wildman–Crippen LogP) is 2.59. The highest BCUT2D eigenvalue weighted by molar-refractivity contribution is 6.01. The number of nitrogens with two attached hydrogens (primary N) is 1. The van der Waals surface area contributed by atoms with Gasteiger partial charge in [0.05, 0.1) is 12.5 Å². The molecule has 0 atom stereocenters. The number of rotatable bonds is 9. The fraction of sp³-hybridized carbons (Fsp3) is 0.320. The lowest BCUT2D eigenvalue weighted by Crippen LogP contribution is -2.44. The van der Waals surface area contributed by atoms with Crippen molar-refractivity contribution < 1.29 is 9.53 Å². The summed E-state index contributed by atoms with van der Waals surface area (Å²) < 4.78 is 6.52. The fourth-order valence-corrected chi connectivity index (χ4v) is 3.82. The number of aromatic amines is 1. The molecule has 174 valence electrons. The summed E-state index contributed by atoms with van der Waals surface area (Å²) in [5, 5.41) is 0. The van der Waals surface area contributed by atoms with E-state index in [2.05, 4.69) is 4.98 Å². The molecule has 0 saturated carbocycles. The van der Waals surface area contributed by atoms with E-state index in [-0.39, 0.29) is 36.5 Å². The minimum atomic E-state index is -0.707. The Labute approximate surface area is 192 Å². The Morgan fingerprint density at radius 3 is 2.06 bits per heavy atom. The fourth-order valence-electron chi connectivity index (χ4n) is 3.82. The molecule has 0 radical (unpaired) electrons. The number of H-pyrrole nitrogens is 1. The number of nitrogen functional groups attached to an aromatic ring is 1. The predicted molar refractivity (Wildman–Crippen MR) is 130 cm³/mol. The van der Waals surface area contributed by atoms with E-state index in [1.165, 1.54) is 16.6 Å². The third-order valence-corrected chi connectivity index (χ3v) is 5.33. The Bertz CT molecular complexity index is 1150. The van der Waals surface area contributed by atoms with Crippen molar-refractivity contribution in [1.29, 1.82) is 0 Å². The zero-order chi connectivity index (χ0) is 24.0. The summed E-state index contributed by atoms with van der Waals surface area (Å²) in [4.78, 5) is 43.1. The molecule has 0 bridgehead atoms. The van der Waals surface area contributed by atoms with E-state index in [1.807, 2.05) is 74.5 Å². The molecule has 1 amide bonds. The summed E-state index contributed by atoms with van der Waals surface area (Å²) in [6.45, 7) is 4.46. The summed E-state index contributed by atoms with van der Waals surface area (Å²) in [6.07, 6.45) is 0. The van der Waals surface area contributed by atoms with Gasteiger partial charge in [0.1, 0.15) is 5.82 Å². The van der Waals surface area contributed by atoms with Gasteiger partial charge in [0.25, 0.3) is 5.56 Å². The first-order valence-corrected chi connectivity index (χ1v) is 10.9. The molecule has 1 heterocycles. The number of hydrogen-bond donors (Lipinski definition) is 2. The molecule has 8 heteroatoms. The molecule has 0 aliphatic rings. The maximum Gasteiger partial charge on any atom is 0.330 e. The lowest BCUT2D eigenvalue weighted by Gasteiger charge is -2.29. The molecule has 0 saturated heterocycles. The normalized spacial score (nSPS) is 11.2. The molecule has 3 N–H and O–H groups in total. The van der Waals surface area contributed by atoms with Crippen LogP contribution in [0.15, 0.2) is 70.3 Å². The van der Waals surface area contributed by atoms with E-state index in [1.54, 1.807) is 0 Å². The monoisotopic (exact) mass is 450 g/mol. The molecule has 2 aromatic carbocycles. The number of ether oxygens (including phenoxy) is 1. The second-order valence-electron chi connectivity index (χ2n) is 8.23. The molecule has 0 fully saturated rings. The molecular weight excluding hydrogens is 420 g/mol. The van der Waals surface area contributed by atoms with Crippen LogP contribution in [0.5, 0.6) is 0 Å². The van der Waals surface area contributed by atoms with Gasteiger partial charge in [0, 0.05) is 20.2 Å². The van der Waals surface area contributed by atoms with E-state index < -0.39 is 17.2 Å². The topological polar surface area (TPSA) is 110 Å². The molecular formula is C25H30N4O4. The highest BCUT2D eigenvalue weighted by atomic mass is 16.5. The summed E-state index contributed by atoms with van der Waals surface area (Å²) in [5.74, 6) is -0.944. The first-order valence-electron chi connectivity index (χ1n) is 10.9. The van der Waals surface area contributed by atoms with Crippen molar-refractivity contribution in [3.63, 3.8) is 0 Å². The smallest absolute Gasteiger partial charge is 0.330 e. The number of nitrogens with one attached hydrogen (secondary N) is 1. The molecule has 0 unspecified atom stereocenters. The number of anilines is 2. The Kier molecular flexibility index (Phi) is 7.84. The van der Waals surface area contributed by atoms with Crippen molar-refractivity contribution in [2.45, 2.75) is 26.3 Å². The Balaban J connectivity index is 2.19. The van der Waals surface area contributed by atoms with Crippen LogP contribution in [0.4, 0.5) is 11.5 Å². The van der Waals surface area contributed by atoms with Crippen LogP contribution in [0.1, 0.15) is 30.9 Å². The van der Waals surface area contributed by atoms with Crippen LogP contribution in [0.3, 0.4) is 0 Å². The first-order chi connectivity index (χ1) is 15.8. The Morgan fingerprint density at radius 1 is 1.03 bits per heavy atom. The van der Waals surface area contributed by atoms with Gasteiger partial charge in [-0.1, -0.05) is 74.5 Å². The number of amides is 1. The average molecular weight is 451 g/mol. The van der Waals surface area contributed by atoms with Gasteiger partial charge in [-0.2, -0.15) is 0 Å². The summed E-state index contributed by atoms with van der Waals surface area (Å²) in [5.41, 5.74) is 6.53. The summed E-state index contributed by atoms with van der Waals surface area (Å²) in [6, 6.07) is 18.7. The van der Waals surface area contributed by atoms with Gasteiger partial charge in [0.2, 0.25) is 5.91 Å². The lowest BCUT2D eigenvalue weighted by atomic mass is 9.90. The van der Waals surface area contributed by atoms with Crippen molar-refractivity contribution in [2.75, 3.05) is 30.9 Å². The molecule has 0 spiro atoms. The third-order valence-electron chi connectivity index (χ3n) is 5.33. The van der Waals surface area contributed by atoms with Gasteiger partial charge < -0.3 is 15.4 Å². The number of hydrogen-bond acceptors (Lipinski definition) is 5. The van der Waals surface area contributed by atoms with Gasteiger partial charge in [-0.3, -0.25) is 19.1 Å². The zero-order valence-corrected chi connectivity index (χ0v) is 19.2. The number of aromatic nitrogens is 2. The largest absolute Gasteiger partial charge is 0.383 e. The number of carbonyl (C=O) groups excluding carboxylic acids is 1. The highest BCUT2D eigenvalue weighted by Crippen LogP contribution is 2.29. The molecule has 3 aromatic rings. The summed E-state index contributed by atoms with van der Waals surface area (Å²) in [7, 11) is 1.52. The van der Waals surface area contributed by atoms with Crippen LogP contribution in [0.2, 0.25) is 0 Å². The SMILES string of the molecule is COCCN(C(=O)C(c1ccccc1)c1ccccc1)c1c(N)n(CC(C)C)c(=O)[nH]c1=O. The van der Waals surface area contributed by atoms with Gasteiger partial charge in [-0.25, -0.2) is 4.79 Å². The van der Waals surface area contributed by atoms with Crippen molar-refractivity contribution in [3.05, 3.63) is 92.6 Å². The van der Waals surface area contributed by atoms with Crippen molar-refractivity contribution >= 4 is 17.4 Å². The van der Waals surface area contributed by atoms with E-state index >= 15 is 0 Å². The first kappa shape index (κ1) is 24.0. The maximum absolute atomic E-state index is 14.0.